The topological polar surface area (TPSA) is 52.5 Å². The molecule has 1 fully saturated rings. The average molecular weight is 270 g/mol. The zero-order valence-electron chi connectivity index (χ0n) is 11.3. The van der Waals surface area contributed by atoms with Gasteiger partial charge in [0.05, 0.1) is 6.61 Å². The molecular formula is C15H18N4O. The van der Waals surface area contributed by atoms with Crippen molar-refractivity contribution in [2.75, 3.05) is 36.0 Å². The molecule has 0 atom stereocenters. The standard InChI is InChI=1S/C15H18N4O/c20-12-13-2-4-14(5-3-13)18-8-10-19(11-9-18)15-16-6-1-7-17-15/h1-7,20H,8-12H2. The van der Waals surface area contributed by atoms with Crippen LogP contribution in [0.5, 0.6) is 0 Å². The van der Waals surface area contributed by atoms with Gasteiger partial charge in [-0.3, -0.25) is 0 Å². The fraction of sp³-hybridized carbons (Fsp3) is 0.333. The maximum absolute atomic E-state index is 9.07. The predicted molar refractivity (Wildman–Crippen MR) is 78.8 cm³/mol. The Labute approximate surface area is 118 Å². The van der Waals surface area contributed by atoms with Gasteiger partial charge >= 0.3 is 0 Å². The molecule has 2 aromatic rings. The minimum atomic E-state index is 0.0966. The molecule has 0 aliphatic carbocycles. The number of benzene rings is 1. The quantitative estimate of drug-likeness (QED) is 0.911. The molecule has 1 N–H and O–H groups in total. The Morgan fingerprint density at radius 3 is 2.10 bits per heavy atom. The molecule has 0 amide bonds. The van der Waals surface area contributed by atoms with E-state index in [1.165, 1.54) is 5.69 Å². The summed E-state index contributed by atoms with van der Waals surface area (Å²) in [7, 11) is 0. The van der Waals surface area contributed by atoms with E-state index < -0.39 is 0 Å². The van der Waals surface area contributed by atoms with E-state index in [1.807, 2.05) is 18.2 Å². The maximum atomic E-state index is 9.07. The summed E-state index contributed by atoms with van der Waals surface area (Å²) in [5.74, 6) is 0.808. The summed E-state index contributed by atoms with van der Waals surface area (Å²) in [5, 5.41) is 9.07. The highest BCUT2D eigenvalue weighted by Crippen LogP contribution is 2.18. The molecule has 1 aliphatic heterocycles. The monoisotopic (exact) mass is 270 g/mol. The Bertz CT molecular complexity index is 536. The first-order valence-corrected chi connectivity index (χ1v) is 6.83. The van der Waals surface area contributed by atoms with Crippen molar-refractivity contribution in [3.8, 4) is 0 Å². The van der Waals surface area contributed by atoms with Crippen molar-refractivity contribution in [2.45, 2.75) is 6.61 Å². The first kappa shape index (κ1) is 12.9. The Hall–Kier alpha value is -2.14. The van der Waals surface area contributed by atoms with Gasteiger partial charge in [-0.05, 0) is 23.8 Å². The molecule has 0 unspecified atom stereocenters. The van der Waals surface area contributed by atoms with Crippen LogP contribution in [0.4, 0.5) is 11.6 Å². The van der Waals surface area contributed by atoms with E-state index in [0.717, 1.165) is 37.7 Å². The Morgan fingerprint density at radius 2 is 1.50 bits per heavy atom. The molecule has 1 aromatic carbocycles. The van der Waals surface area contributed by atoms with E-state index in [-0.39, 0.29) is 6.61 Å². The minimum Gasteiger partial charge on any atom is -0.392 e. The number of hydrogen-bond acceptors (Lipinski definition) is 5. The molecule has 2 heterocycles. The van der Waals surface area contributed by atoms with Gasteiger partial charge < -0.3 is 14.9 Å². The molecule has 104 valence electrons. The molecular weight excluding hydrogens is 252 g/mol. The van der Waals surface area contributed by atoms with Gasteiger partial charge in [-0.15, -0.1) is 0 Å². The second kappa shape index (κ2) is 5.88. The van der Waals surface area contributed by atoms with Crippen molar-refractivity contribution in [2.24, 2.45) is 0 Å². The first-order chi connectivity index (χ1) is 9.86. The lowest BCUT2D eigenvalue weighted by atomic mass is 10.2. The van der Waals surface area contributed by atoms with Crippen LogP contribution in [0.2, 0.25) is 0 Å². The summed E-state index contributed by atoms with van der Waals surface area (Å²) >= 11 is 0. The summed E-state index contributed by atoms with van der Waals surface area (Å²) in [4.78, 5) is 13.1. The molecule has 0 spiro atoms. The molecule has 1 aliphatic rings. The number of piperazine rings is 1. The van der Waals surface area contributed by atoms with Gasteiger partial charge in [-0.2, -0.15) is 0 Å². The lowest BCUT2D eigenvalue weighted by Gasteiger charge is -2.36. The van der Waals surface area contributed by atoms with E-state index >= 15 is 0 Å². The highest BCUT2D eigenvalue weighted by Gasteiger charge is 2.18. The van der Waals surface area contributed by atoms with Crippen LogP contribution in [0.25, 0.3) is 0 Å². The number of nitrogens with zero attached hydrogens (tertiary/aromatic N) is 4. The first-order valence-electron chi connectivity index (χ1n) is 6.83. The van der Waals surface area contributed by atoms with Gasteiger partial charge in [0.1, 0.15) is 0 Å². The van der Waals surface area contributed by atoms with E-state index in [4.69, 9.17) is 5.11 Å². The molecule has 0 bridgehead atoms. The highest BCUT2D eigenvalue weighted by atomic mass is 16.3. The third-order valence-corrected chi connectivity index (χ3v) is 3.60. The Morgan fingerprint density at radius 1 is 0.900 bits per heavy atom. The van der Waals surface area contributed by atoms with Crippen LogP contribution in [0.1, 0.15) is 5.56 Å². The van der Waals surface area contributed by atoms with Gasteiger partial charge in [0, 0.05) is 44.3 Å². The number of aliphatic hydroxyl groups is 1. The smallest absolute Gasteiger partial charge is 0.225 e. The van der Waals surface area contributed by atoms with E-state index in [0.29, 0.717) is 0 Å². The summed E-state index contributed by atoms with van der Waals surface area (Å²) in [6.45, 7) is 3.85. The molecule has 5 heteroatoms. The summed E-state index contributed by atoms with van der Waals surface area (Å²) in [5.41, 5.74) is 2.15. The van der Waals surface area contributed by atoms with Crippen molar-refractivity contribution < 1.29 is 5.11 Å². The normalized spacial score (nSPS) is 15.4. The molecule has 3 rings (SSSR count). The van der Waals surface area contributed by atoms with Crippen molar-refractivity contribution in [1.29, 1.82) is 0 Å². The number of rotatable bonds is 3. The fourth-order valence-electron chi connectivity index (χ4n) is 2.43. The molecule has 20 heavy (non-hydrogen) atoms. The van der Waals surface area contributed by atoms with Crippen LogP contribution in [0.3, 0.4) is 0 Å². The van der Waals surface area contributed by atoms with Crippen molar-refractivity contribution in [1.82, 2.24) is 9.97 Å². The molecule has 1 saturated heterocycles. The van der Waals surface area contributed by atoms with Crippen LogP contribution in [0, 0.1) is 0 Å². The zero-order valence-corrected chi connectivity index (χ0v) is 11.3. The van der Waals surface area contributed by atoms with Crippen LogP contribution in [-0.2, 0) is 6.61 Å². The zero-order chi connectivity index (χ0) is 13.8. The van der Waals surface area contributed by atoms with Gasteiger partial charge in [-0.25, -0.2) is 9.97 Å². The summed E-state index contributed by atoms with van der Waals surface area (Å²) in [6, 6.07) is 9.92. The molecule has 1 aromatic heterocycles. The van der Waals surface area contributed by atoms with Crippen LogP contribution in [0.15, 0.2) is 42.7 Å². The Balaban J connectivity index is 1.63. The second-order valence-electron chi connectivity index (χ2n) is 4.85. The summed E-state index contributed by atoms with van der Waals surface area (Å²) < 4.78 is 0. The van der Waals surface area contributed by atoms with Gasteiger partial charge in [-0.1, -0.05) is 12.1 Å². The lowest BCUT2D eigenvalue weighted by molar-refractivity contribution is 0.282. The van der Waals surface area contributed by atoms with Crippen molar-refractivity contribution >= 4 is 11.6 Å². The van der Waals surface area contributed by atoms with Crippen molar-refractivity contribution in [3.63, 3.8) is 0 Å². The largest absolute Gasteiger partial charge is 0.392 e. The molecule has 5 nitrogen and oxygen atoms in total. The van der Waals surface area contributed by atoms with E-state index in [9.17, 15) is 0 Å². The van der Waals surface area contributed by atoms with E-state index in [2.05, 4.69) is 31.9 Å². The Kier molecular flexibility index (Phi) is 3.78. The van der Waals surface area contributed by atoms with Crippen LogP contribution in [-0.4, -0.2) is 41.3 Å². The number of hydrogen-bond donors (Lipinski definition) is 1. The minimum absolute atomic E-state index is 0.0966. The van der Waals surface area contributed by atoms with Crippen molar-refractivity contribution in [3.05, 3.63) is 48.3 Å². The number of aromatic nitrogens is 2. The van der Waals surface area contributed by atoms with Crippen LogP contribution >= 0.6 is 0 Å². The van der Waals surface area contributed by atoms with E-state index in [1.54, 1.807) is 12.4 Å². The maximum Gasteiger partial charge on any atom is 0.225 e. The summed E-state index contributed by atoms with van der Waals surface area (Å²) in [6.07, 6.45) is 3.56. The molecule has 0 saturated carbocycles. The predicted octanol–water partition coefficient (Wildman–Crippen LogP) is 1.30. The van der Waals surface area contributed by atoms with Gasteiger partial charge in [0.15, 0.2) is 0 Å². The third-order valence-electron chi connectivity index (χ3n) is 3.60. The number of anilines is 2. The van der Waals surface area contributed by atoms with Crippen LogP contribution < -0.4 is 9.80 Å². The average Bonchev–Trinajstić information content (AvgIpc) is 2.56. The SMILES string of the molecule is OCc1ccc(N2CCN(c3ncccn3)CC2)cc1. The molecule has 0 radical (unpaired) electrons. The highest BCUT2D eigenvalue weighted by molar-refractivity contribution is 5.49. The third kappa shape index (κ3) is 2.72. The second-order valence-corrected chi connectivity index (χ2v) is 4.85. The fourth-order valence-corrected chi connectivity index (χ4v) is 2.43. The van der Waals surface area contributed by atoms with Gasteiger partial charge in [0.25, 0.3) is 0 Å². The number of aliphatic hydroxyl groups excluding tert-OH is 1. The lowest BCUT2D eigenvalue weighted by Crippen LogP contribution is -2.47. The van der Waals surface area contributed by atoms with Gasteiger partial charge in [0.2, 0.25) is 5.95 Å².